The normalized spacial score (nSPS) is 13.3. The highest BCUT2D eigenvalue weighted by atomic mass is 19.4. The van der Waals surface area contributed by atoms with Gasteiger partial charge in [0.1, 0.15) is 6.54 Å². The maximum atomic E-state index is 13.6. The minimum Gasteiger partial charge on any atom is -0.386 e. The van der Waals surface area contributed by atoms with Crippen LogP contribution in [0.2, 0.25) is 0 Å². The van der Waals surface area contributed by atoms with E-state index >= 15 is 0 Å². The van der Waals surface area contributed by atoms with Gasteiger partial charge >= 0.3 is 18.1 Å². The number of alkyl halides is 3. The third-order valence-electron chi connectivity index (χ3n) is 6.69. The molecule has 1 heterocycles. The Kier molecular flexibility index (Phi) is 11.0. The Morgan fingerprint density at radius 1 is 1.02 bits per heavy atom. The largest absolute Gasteiger partial charge is 0.491 e. The second kappa shape index (κ2) is 14.4. The summed E-state index contributed by atoms with van der Waals surface area (Å²) in [5, 5.41) is 9.90. The van der Waals surface area contributed by atoms with E-state index in [1.54, 1.807) is 36.4 Å². The lowest BCUT2D eigenvalue weighted by molar-refractivity contribution is -0.201. The second-order valence-corrected chi connectivity index (χ2v) is 9.82. The molecule has 1 aliphatic heterocycles. The molecule has 2 aromatic carbocycles. The number of nitrogens with zero attached hydrogens (tertiary/aromatic N) is 2. The van der Waals surface area contributed by atoms with Gasteiger partial charge in [-0.15, -0.1) is 0 Å². The summed E-state index contributed by atoms with van der Waals surface area (Å²) in [5.74, 6) is -6.52. The Bertz CT molecular complexity index is 1390. The number of halogens is 3. The first-order chi connectivity index (χ1) is 20.3. The molecule has 4 N–H and O–H groups in total. The lowest BCUT2D eigenvalue weighted by atomic mass is 10.0. The van der Waals surface area contributed by atoms with Gasteiger partial charge in [-0.25, -0.2) is 9.69 Å². The smallest absolute Gasteiger partial charge is 0.386 e. The van der Waals surface area contributed by atoms with Gasteiger partial charge in [-0.1, -0.05) is 31.5 Å². The molecular formula is C29H32F3N5O6. The first kappa shape index (κ1) is 32.8. The molecule has 0 atom stereocenters. The van der Waals surface area contributed by atoms with Gasteiger partial charge in [-0.2, -0.15) is 13.2 Å². The molecule has 0 radical (unpaired) electrons. The lowest BCUT2D eigenvalue weighted by Gasteiger charge is -2.21. The first-order valence-corrected chi connectivity index (χ1v) is 13.6. The van der Waals surface area contributed by atoms with Gasteiger partial charge in [-0.3, -0.25) is 24.6 Å². The van der Waals surface area contributed by atoms with E-state index in [0.29, 0.717) is 13.0 Å². The average Bonchev–Trinajstić information content (AvgIpc) is 3.06. The quantitative estimate of drug-likeness (QED) is 0.0881. The summed E-state index contributed by atoms with van der Waals surface area (Å²) in [6.45, 7) is 1.29. The van der Waals surface area contributed by atoms with Gasteiger partial charge in [0.25, 0.3) is 17.7 Å². The zero-order valence-corrected chi connectivity index (χ0v) is 23.5. The maximum Gasteiger partial charge on any atom is 0.491 e. The van der Waals surface area contributed by atoms with Crippen molar-refractivity contribution in [3.8, 4) is 0 Å². The van der Waals surface area contributed by atoms with E-state index in [1.807, 2.05) is 6.92 Å². The molecule has 0 spiro atoms. The molecule has 0 aromatic heterocycles. The molecule has 0 fully saturated rings. The SMILES string of the molecule is CCc1ccc(C(=O)N2C(=O)CN(CCC(=O)OC(=O)C(F)(F)F)C(=O)c3cc(CCCCCNC(=N)N)ccc32)cc1. The Hall–Kier alpha value is -4.75. The topological polar surface area (TPSA) is 163 Å². The zero-order chi connectivity index (χ0) is 31.7. The van der Waals surface area contributed by atoms with Crippen LogP contribution in [-0.4, -0.2) is 66.3 Å². The number of rotatable bonds is 11. The number of anilines is 1. The number of benzene rings is 2. The van der Waals surface area contributed by atoms with Crippen LogP contribution in [0.25, 0.3) is 0 Å². The number of imide groups is 1. The van der Waals surface area contributed by atoms with Gasteiger partial charge in [0, 0.05) is 18.7 Å². The summed E-state index contributed by atoms with van der Waals surface area (Å²) in [5.41, 5.74) is 7.21. The second-order valence-electron chi connectivity index (χ2n) is 9.82. The van der Waals surface area contributed by atoms with Crippen molar-refractivity contribution >= 4 is 41.3 Å². The van der Waals surface area contributed by atoms with Gasteiger partial charge in [0.2, 0.25) is 0 Å². The zero-order valence-electron chi connectivity index (χ0n) is 23.5. The molecule has 3 rings (SSSR count). The fourth-order valence-corrected chi connectivity index (χ4v) is 4.42. The van der Waals surface area contributed by atoms with Gasteiger partial charge in [-0.05, 0) is 61.1 Å². The molecule has 230 valence electrons. The number of carbonyl (C=O) groups excluding carboxylic acids is 5. The third-order valence-corrected chi connectivity index (χ3v) is 6.69. The fourth-order valence-electron chi connectivity index (χ4n) is 4.42. The lowest BCUT2D eigenvalue weighted by Crippen LogP contribution is -2.43. The number of hydrogen-bond acceptors (Lipinski definition) is 7. The van der Waals surface area contributed by atoms with Crippen molar-refractivity contribution in [2.75, 3.05) is 24.5 Å². The third kappa shape index (κ3) is 8.87. The van der Waals surface area contributed by atoms with E-state index < -0.39 is 55.3 Å². The number of carbonyl (C=O) groups is 5. The molecule has 0 saturated carbocycles. The van der Waals surface area contributed by atoms with Gasteiger partial charge in [0.15, 0.2) is 5.96 Å². The Morgan fingerprint density at radius 2 is 1.70 bits per heavy atom. The highest BCUT2D eigenvalue weighted by Crippen LogP contribution is 2.29. The number of nitrogens with one attached hydrogen (secondary N) is 2. The Balaban J connectivity index is 1.86. The number of ether oxygens (including phenoxy) is 1. The minimum absolute atomic E-state index is 0.000130. The molecule has 14 heteroatoms. The Morgan fingerprint density at radius 3 is 2.33 bits per heavy atom. The van der Waals surface area contributed by atoms with Crippen LogP contribution >= 0.6 is 0 Å². The van der Waals surface area contributed by atoms with Crippen molar-refractivity contribution < 1.29 is 41.9 Å². The minimum atomic E-state index is -5.38. The summed E-state index contributed by atoms with van der Waals surface area (Å²) in [4.78, 5) is 65.3. The number of fused-ring (bicyclic) bond motifs is 1. The summed E-state index contributed by atoms with van der Waals surface area (Å²) >= 11 is 0. The van der Waals surface area contributed by atoms with Gasteiger partial charge in [0.05, 0.1) is 17.7 Å². The predicted molar refractivity (Wildman–Crippen MR) is 149 cm³/mol. The van der Waals surface area contributed by atoms with Gasteiger partial charge < -0.3 is 20.7 Å². The van der Waals surface area contributed by atoms with E-state index in [4.69, 9.17) is 11.1 Å². The number of nitrogens with two attached hydrogens (primary N) is 1. The van der Waals surface area contributed by atoms with Crippen LogP contribution in [0.1, 0.15) is 64.4 Å². The molecule has 1 aliphatic rings. The number of esters is 2. The van der Waals surface area contributed by atoms with Crippen molar-refractivity contribution in [3.05, 3.63) is 64.7 Å². The monoisotopic (exact) mass is 603 g/mol. The predicted octanol–water partition coefficient (Wildman–Crippen LogP) is 3.10. The Labute approximate surface area is 245 Å². The molecule has 0 saturated heterocycles. The summed E-state index contributed by atoms with van der Waals surface area (Å²) in [7, 11) is 0. The number of hydrogen-bond donors (Lipinski definition) is 3. The van der Waals surface area contributed by atoms with Crippen molar-refractivity contribution in [2.45, 2.75) is 51.6 Å². The number of aryl methyl sites for hydroxylation is 2. The van der Waals surface area contributed by atoms with Crippen LogP contribution in [0.15, 0.2) is 42.5 Å². The maximum absolute atomic E-state index is 13.6. The van der Waals surface area contributed by atoms with Crippen LogP contribution in [0.5, 0.6) is 0 Å². The standard InChI is InChI=1S/C29H32F3N5O6/c1-2-18-7-10-20(11-8-18)25(40)37-22-12-9-19(6-4-3-5-14-35-28(33)34)16-21(22)26(41)36(17-23(37)38)15-13-24(39)43-27(42)29(30,31)32/h7-12,16H,2-6,13-15,17H2,1H3,(H4,33,34,35). The highest BCUT2D eigenvalue weighted by molar-refractivity contribution is 6.25. The summed E-state index contributed by atoms with van der Waals surface area (Å²) < 4.78 is 41.2. The van der Waals surface area contributed by atoms with Crippen LogP contribution in [-0.2, 0) is 32.0 Å². The van der Waals surface area contributed by atoms with E-state index in [9.17, 15) is 37.1 Å². The van der Waals surface area contributed by atoms with E-state index in [-0.39, 0.29) is 22.8 Å². The molecule has 0 aliphatic carbocycles. The number of unbranched alkanes of at least 4 members (excludes halogenated alkanes) is 2. The first-order valence-electron chi connectivity index (χ1n) is 13.6. The van der Waals surface area contributed by atoms with Crippen molar-refractivity contribution in [2.24, 2.45) is 5.73 Å². The van der Waals surface area contributed by atoms with E-state index in [1.165, 1.54) is 6.07 Å². The van der Waals surface area contributed by atoms with E-state index in [2.05, 4.69) is 10.1 Å². The fraction of sp³-hybridized carbons (Fsp3) is 0.379. The van der Waals surface area contributed by atoms with E-state index in [0.717, 1.165) is 46.6 Å². The molecule has 2 aromatic rings. The molecule has 11 nitrogen and oxygen atoms in total. The molecule has 43 heavy (non-hydrogen) atoms. The van der Waals surface area contributed by atoms with Crippen LogP contribution < -0.4 is 16.0 Å². The molecule has 3 amide bonds. The average molecular weight is 604 g/mol. The van der Waals surface area contributed by atoms with Crippen LogP contribution in [0.4, 0.5) is 18.9 Å². The van der Waals surface area contributed by atoms with Crippen molar-refractivity contribution in [3.63, 3.8) is 0 Å². The number of guanidine groups is 1. The van der Waals surface area contributed by atoms with Crippen molar-refractivity contribution in [1.82, 2.24) is 10.2 Å². The van der Waals surface area contributed by atoms with Crippen LogP contribution in [0.3, 0.4) is 0 Å². The van der Waals surface area contributed by atoms with Crippen LogP contribution in [0, 0.1) is 5.41 Å². The van der Waals surface area contributed by atoms with Crippen molar-refractivity contribution in [1.29, 1.82) is 5.41 Å². The molecule has 0 unspecified atom stereocenters. The summed E-state index contributed by atoms with van der Waals surface area (Å²) in [6.07, 6.45) is -2.63. The molecular weight excluding hydrogens is 571 g/mol. The summed E-state index contributed by atoms with van der Waals surface area (Å²) in [6, 6.07) is 11.4. The highest BCUT2D eigenvalue weighted by Gasteiger charge is 2.42. The number of amides is 3. The molecule has 0 bridgehead atoms.